The van der Waals surface area contributed by atoms with Crippen LogP contribution in [0.2, 0.25) is 0 Å². The van der Waals surface area contributed by atoms with Crippen molar-refractivity contribution in [3.63, 3.8) is 0 Å². The van der Waals surface area contributed by atoms with Crippen LogP contribution < -0.4 is 0 Å². The zero-order chi connectivity index (χ0) is 8.91. The van der Waals surface area contributed by atoms with Gasteiger partial charge in [-0.2, -0.15) is 0 Å². The maximum atomic E-state index is 10.7. The molecule has 0 heterocycles. The van der Waals surface area contributed by atoms with Crippen molar-refractivity contribution >= 4 is 5.97 Å². The molecule has 0 bridgehead atoms. The van der Waals surface area contributed by atoms with Gasteiger partial charge in [-0.3, -0.25) is 0 Å². The summed E-state index contributed by atoms with van der Waals surface area (Å²) in [6, 6.07) is 0. The molecule has 0 unspecified atom stereocenters. The largest absolute Gasteiger partial charge is 0.464 e. The van der Waals surface area contributed by atoms with Crippen LogP contribution >= 0.6 is 0 Å². The predicted molar refractivity (Wildman–Crippen MR) is 42.3 cm³/mol. The van der Waals surface area contributed by atoms with Crippen molar-refractivity contribution in [2.45, 2.75) is 33.3 Å². The lowest BCUT2D eigenvalue weighted by molar-refractivity contribution is -0.153. The summed E-state index contributed by atoms with van der Waals surface area (Å²) in [6.45, 7) is 7.91. The Bertz CT molecular complexity index is 124. The first-order valence-corrected chi connectivity index (χ1v) is 3.75. The molecule has 0 fully saturated rings. The van der Waals surface area contributed by atoms with Crippen LogP contribution in [0.4, 0.5) is 0 Å². The van der Waals surface area contributed by atoms with Gasteiger partial charge in [-0.05, 0) is 27.7 Å². The Balaban J connectivity index is 3.46. The molecule has 0 aromatic heterocycles. The highest BCUT2D eigenvalue weighted by Gasteiger charge is 2.12. The maximum Gasteiger partial charge on any atom is 0.332 e. The van der Waals surface area contributed by atoms with E-state index in [-0.39, 0.29) is 18.2 Å². The number of rotatable bonds is 3. The van der Waals surface area contributed by atoms with Crippen LogP contribution in [0.1, 0.15) is 27.7 Å². The fourth-order valence-electron chi connectivity index (χ4n) is 0.478. The van der Waals surface area contributed by atoms with Gasteiger partial charge in [-0.15, -0.1) is 0 Å². The van der Waals surface area contributed by atoms with Crippen molar-refractivity contribution in [1.82, 2.24) is 0 Å². The van der Waals surface area contributed by atoms with Crippen LogP contribution in [0.15, 0.2) is 0 Å². The van der Waals surface area contributed by atoms with Gasteiger partial charge in [0, 0.05) is 0 Å². The third-order valence-electron chi connectivity index (χ3n) is 0.928. The van der Waals surface area contributed by atoms with Crippen molar-refractivity contribution in [1.29, 1.82) is 0 Å². The third kappa shape index (κ3) is 7.33. The molecule has 3 heteroatoms. The molecule has 0 aromatic rings. The number of hydrogen-bond donors (Lipinski definition) is 0. The highest BCUT2D eigenvalue weighted by Crippen LogP contribution is 2.05. The monoisotopic (exact) mass is 160 g/mol. The van der Waals surface area contributed by atoms with Crippen molar-refractivity contribution in [3.05, 3.63) is 0 Å². The van der Waals surface area contributed by atoms with E-state index >= 15 is 0 Å². The average Bonchev–Trinajstić information content (AvgIpc) is 1.83. The maximum absolute atomic E-state index is 10.7. The van der Waals surface area contributed by atoms with Crippen molar-refractivity contribution < 1.29 is 14.3 Å². The smallest absolute Gasteiger partial charge is 0.332 e. The van der Waals surface area contributed by atoms with E-state index in [4.69, 9.17) is 4.74 Å². The molecular formula is C8H16O3. The minimum atomic E-state index is -0.303. The van der Waals surface area contributed by atoms with Crippen LogP contribution in [-0.4, -0.2) is 24.8 Å². The topological polar surface area (TPSA) is 35.5 Å². The molecule has 0 radical (unpaired) electrons. The lowest BCUT2D eigenvalue weighted by Crippen LogP contribution is -2.24. The standard InChI is InChI=1S/C8H16O3/c1-5-10-7(9)6-11-8(2,3)4/h5-6H2,1-4H3. The van der Waals surface area contributed by atoms with Crippen LogP contribution in [0.3, 0.4) is 0 Å². The molecule has 0 aliphatic carbocycles. The minimum absolute atomic E-state index is 0.0390. The van der Waals surface area contributed by atoms with Crippen LogP contribution in [0.5, 0.6) is 0 Å². The fraction of sp³-hybridized carbons (Fsp3) is 0.875. The van der Waals surface area contributed by atoms with Crippen LogP contribution in [0.25, 0.3) is 0 Å². The van der Waals surface area contributed by atoms with E-state index < -0.39 is 0 Å². The summed E-state index contributed by atoms with van der Waals surface area (Å²) in [7, 11) is 0. The summed E-state index contributed by atoms with van der Waals surface area (Å²) < 4.78 is 9.84. The molecule has 11 heavy (non-hydrogen) atoms. The second-order valence-electron chi connectivity index (χ2n) is 3.21. The Morgan fingerprint density at radius 1 is 1.36 bits per heavy atom. The zero-order valence-electron chi connectivity index (χ0n) is 7.64. The van der Waals surface area contributed by atoms with E-state index in [0.717, 1.165) is 0 Å². The molecule has 0 saturated carbocycles. The predicted octanol–water partition coefficient (Wildman–Crippen LogP) is 1.36. The molecule has 0 aliphatic rings. The molecule has 0 amide bonds. The summed E-state index contributed by atoms with van der Waals surface area (Å²) in [5, 5.41) is 0. The second-order valence-corrected chi connectivity index (χ2v) is 3.21. The van der Waals surface area contributed by atoms with Crippen molar-refractivity contribution in [3.8, 4) is 0 Å². The Labute approximate surface area is 67.7 Å². The minimum Gasteiger partial charge on any atom is -0.464 e. The summed E-state index contributed by atoms with van der Waals surface area (Å²) in [6.07, 6.45) is 0. The fourth-order valence-corrected chi connectivity index (χ4v) is 0.478. The number of carbonyl (C=O) groups excluding carboxylic acids is 1. The molecule has 0 saturated heterocycles. The highest BCUT2D eigenvalue weighted by atomic mass is 16.6. The normalized spacial score (nSPS) is 11.3. The molecule has 0 rings (SSSR count). The molecule has 3 nitrogen and oxygen atoms in total. The SMILES string of the molecule is CCOC(=O)COC(C)(C)C. The van der Waals surface area contributed by atoms with Gasteiger partial charge in [0.15, 0.2) is 0 Å². The Kier molecular flexibility index (Phi) is 4.11. The number of esters is 1. The first-order chi connectivity index (χ1) is 4.95. The van der Waals surface area contributed by atoms with Gasteiger partial charge in [0.05, 0.1) is 12.2 Å². The van der Waals surface area contributed by atoms with E-state index in [1.807, 2.05) is 20.8 Å². The second kappa shape index (κ2) is 4.34. The van der Waals surface area contributed by atoms with Crippen molar-refractivity contribution in [2.75, 3.05) is 13.2 Å². The number of hydrogen-bond acceptors (Lipinski definition) is 3. The molecule has 66 valence electrons. The van der Waals surface area contributed by atoms with E-state index in [0.29, 0.717) is 6.61 Å². The average molecular weight is 160 g/mol. The summed E-state index contributed by atoms with van der Waals surface area (Å²) in [5.74, 6) is -0.303. The molecule has 0 atom stereocenters. The Morgan fingerprint density at radius 3 is 2.27 bits per heavy atom. The van der Waals surface area contributed by atoms with E-state index in [9.17, 15) is 4.79 Å². The lowest BCUT2D eigenvalue weighted by atomic mass is 10.2. The zero-order valence-corrected chi connectivity index (χ0v) is 7.64. The van der Waals surface area contributed by atoms with Crippen LogP contribution in [-0.2, 0) is 14.3 Å². The van der Waals surface area contributed by atoms with E-state index in [1.165, 1.54) is 0 Å². The van der Waals surface area contributed by atoms with E-state index in [1.54, 1.807) is 6.92 Å². The number of carbonyl (C=O) groups is 1. The summed E-state index contributed by atoms with van der Waals surface area (Å²) in [4.78, 5) is 10.7. The van der Waals surface area contributed by atoms with Gasteiger partial charge in [0.1, 0.15) is 6.61 Å². The quantitative estimate of drug-likeness (QED) is 0.585. The third-order valence-corrected chi connectivity index (χ3v) is 0.928. The summed E-state index contributed by atoms with van der Waals surface area (Å²) in [5.41, 5.74) is -0.271. The summed E-state index contributed by atoms with van der Waals surface area (Å²) >= 11 is 0. The molecule has 0 N–H and O–H groups in total. The van der Waals surface area contributed by atoms with Crippen molar-refractivity contribution in [2.24, 2.45) is 0 Å². The number of ether oxygens (including phenoxy) is 2. The first-order valence-electron chi connectivity index (χ1n) is 3.75. The van der Waals surface area contributed by atoms with E-state index in [2.05, 4.69) is 4.74 Å². The first kappa shape index (κ1) is 10.4. The lowest BCUT2D eigenvalue weighted by Gasteiger charge is -2.18. The highest BCUT2D eigenvalue weighted by molar-refractivity contribution is 5.70. The molecule has 0 spiro atoms. The van der Waals surface area contributed by atoms with Gasteiger partial charge in [-0.1, -0.05) is 0 Å². The Morgan fingerprint density at radius 2 is 1.91 bits per heavy atom. The Hall–Kier alpha value is -0.570. The molecular weight excluding hydrogens is 144 g/mol. The van der Waals surface area contributed by atoms with Gasteiger partial charge in [-0.25, -0.2) is 4.79 Å². The van der Waals surface area contributed by atoms with Gasteiger partial charge in [0.25, 0.3) is 0 Å². The van der Waals surface area contributed by atoms with Gasteiger partial charge >= 0.3 is 5.97 Å². The van der Waals surface area contributed by atoms with Crippen LogP contribution in [0, 0.1) is 0 Å². The molecule has 0 aliphatic heterocycles. The van der Waals surface area contributed by atoms with Gasteiger partial charge in [0.2, 0.25) is 0 Å². The van der Waals surface area contributed by atoms with Gasteiger partial charge < -0.3 is 9.47 Å². The molecule has 0 aromatic carbocycles.